The first-order chi connectivity index (χ1) is 11.1. The van der Waals surface area contributed by atoms with Crippen molar-refractivity contribution in [3.63, 3.8) is 0 Å². The molecule has 1 aliphatic rings. The molecule has 0 aromatic carbocycles. The summed E-state index contributed by atoms with van der Waals surface area (Å²) < 4.78 is 0. The van der Waals surface area contributed by atoms with Crippen LogP contribution in [0.15, 0.2) is 0 Å². The molecule has 3 unspecified atom stereocenters. The van der Waals surface area contributed by atoms with Crippen LogP contribution in [0.1, 0.15) is 25.7 Å². The third-order valence-corrected chi connectivity index (χ3v) is 3.57. The molecule has 0 aromatic rings. The zero-order chi connectivity index (χ0) is 18.4. The number of likely N-dealkylation sites (tertiary alicyclic amines) is 1. The molecular weight excluding hydrogens is 324 g/mol. The first-order valence-electron chi connectivity index (χ1n) is 7.22. The molecule has 1 rings (SSSR count). The number of nitrogens with one attached hydrogen (secondary N) is 1. The number of amides is 3. The van der Waals surface area contributed by atoms with Crippen molar-refractivity contribution in [2.24, 2.45) is 11.5 Å². The number of rotatable bonds is 8. The van der Waals surface area contributed by atoms with Crippen molar-refractivity contribution in [3.05, 3.63) is 0 Å². The molecule has 0 aromatic heterocycles. The molecule has 3 amide bonds. The lowest BCUT2D eigenvalue weighted by Crippen LogP contribution is -2.55. The highest BCUT2D eigenvalue weighted by molar-refractivity contribution is 5.95. The van der Waals surface area contributed by atoms with Crippen molar-refractivity contribution in [2.45, 2.75) is 43.8 Å². The van der Waals surface area contributed by atoms with Gasteiger partial charge in [0.1, 0.15) is 12.1 Å². The summed E-state index contributed by atoms with van der Waals surface area (Å²) in [6, 6.07) is -3.88. The molecule has 134 valence electrons. The fourth-order valence-electron chi connectivity index (χ4n) is 2.45. The Morgan fingerprint density at radius 3 is 2.29 bits per heavy atom. The molecule has 1 fully saturated rings. The fraction of sp³-hybridized carbons (Fsp3) is 0.615. The Morgan fingerprint density at radius 2 is 1.79 bits per heavy atom. The summed E-state index contributed by atoms with van der Waals surface area (Å²) in [5.41, 5.74) is 10.4. The minimum absolute atomic E-state index is 0.148. The second kappa shape index (κ2) is 8.24. The molecule has 7 N–H and O–H groups in total. The van der Waals surface area contributed by atoms with E-state index in [9.17, 15) is 24.0 Å². The van der Waals surface area contributed by atoms with Gasteiger partial charge >= 0.3 is 11.9 Å². The summed E-state index contributed by atoms with van der Waals surface area (Å²) in [6.07, 6.45) is -0.508. The van der Waals surface area contributed by atoms with Gasteiger partial charge in [-0.3, -0.25) is 19.2 Å². The van der Waals surface area contributed by atoms with Gasteiger partial charge in [0.2, 0.25) is 17.7 Å². The van der Waals surface area contributed by atoms with Gasteiger partial charge in [-0.05, 0) is 12.8 Å². The van der Waals surface area contributed by atoms with Gasteiger partial charge in [-0.15, -0.1) is 0 Å². The molecule has 24 heavy (non-hydrogen) atoms. The van der Waals surface area contributed by atoms with E-state index in [1.807, 2.05) is 0 Å². The molecule has 0 saturated carbocycles. The van der Waals surface area contributed by atoms with Crippen LogP contribution in [0.2, 0.25) is 0 Å². The Balaban J connectivity index is 2.86. The molecule has 1 saturated heterocycles. The van der Waals surface area contributed by atoms with Gasteiger partial charge in [-0.2, -0.15) is 0 Å². The summed E-state index contributed by atoms with van der Waals surface area (Å²) in [4.78, 5) is 58.2. The molecular formula is C13H20N4O7. The third kappa shape index (κ3) is 5.19. The maximum Gasteiger partial charge on any atom is 0.326 e. The number of primary amides is 1. The molecule has 11 heteroatoms. The van der Waals surface area contributed by atoms with Crippen LogP contribution in [-0.2, 0) is 24.0 Å². The Bertz CT molecular complexity index is 550. The van der Waals surface area contributed by atoms with Gasteiger partial charge < -0.3 is 31.9 Å². The Hall–Kier alpha value is -2.69. The lowest BCUT2D eigenvalue weighted by Gasteiger charge is -2.27. The number of hydrogen-bond acceptors (Lipinski definition) is 6. The van der Waals surface area contributed by atoms with E-state index in [-0.39, 0.29) is 13.0 Å². The second-order valence-electron chi connectivity index (χ2n) is 5.46. The number of nitrogens with two attached hydrogens (primary N) is 2. The number of carboxylic acids is 2. The zero-order valence-corrected chi connectivity index (χ0v) is 12.8. The van der Waals surface area contributed by atoms with Gasteiger partial charge in [-0.1, -0.05) is 0 Å². The molecule has 11 nitrogen and oxygen atoms in total. The van der Waals surface area contributed by atoms with Crippen molar-refractivity contribution in [1.29, 1.82) is 0 Å². The van der Waals surface area contributed by atoms with E-state index in [0.29, 0.717) is 6.42 Å². The van der Waals surface area contributed by atoms with Crippen molar-refractivity contribution < 1.29 is 34.2 Å². The number of aliphatic carboxylic acids is 2. The summed E-state index contributed by atoms with van der Waals surface area (Å²) in [5, 5.41) is 20.2. The van der Waals surface area contributed by atoms with E-state index < -0.39 is 60.6 Å². The lowest BCUT2D eigenvalue weighted by molar-refractivity contribution is -0.150. The molecule has 0 aliphatic carbocycles. The molecule has 1 aliphatic heterocycles. The van der Waals surface area contributed by atoms with Crippen molar-refractivity contribution >= 4 is 29.7 Å². The summed E-state index contributed by atoms with van der Waals surface area (Å²) in [5.74, 6) is -5.12. The molecule has 0 spiro atoms. The second-order valence-corrected chi connectivity index (χ2v) is 5.46. The van der Waals surface area contributed by atoms with E-state index in [1.54, 1.807) is 0 Å². The third-order valence-electron chi connectivity index (χ3n) is 3.57. The number of carboxylic acid groups (broad SMARTS) is 2. The lowest BCUT2D eigenvalue weighted by atomic mass is 10.1. The van der Waals surface area contributed by atoms with Crippen molar-refractivity contribution in [2.75, 3.05) is 6.54 Å². The summed E-state index contributed by atoms with van der Waals surface area (Å²) in [6.45, 7) is 0.148. The van der Waals surface area contributed by atoms with E-state index in [2.05, 4.69) is 5.32 Å². The quantitative estimate of drug-likeness (QED) is 0.312. The van der Waals surface area contributed by atoms with Gasteiger partial charge in [-0.25, -0.2) is 4.79 Å². The first-order valence-corrected chi connectivity index (χ1v) is 7.22. The topological polar surface area (TPSA) is 193 Å². The van der Waals surface area contributed by atoms with Gasteiger partial charge in [0.15, 0.2) is 0 Å². The van der Waals surface area contributed by atoms with E-state index in [0.717, 1.165) is 4.90 Å². The maximum atomic E-state index is 12.4. The highest BCUT2D eigenvalue weighted by Crippen LogP contribution is 2.19. The Morgan fingerprint density at radius 1 is 1.17 bits per heavy atom. The summed E-state index contributed by atoms with van der Waals surface area (Å²) >= 11 is 0. The number of carbonyl (C=O) groups is 5. The van der Waals surface area contributed by atoms with Crippen LogP contribution >= 0.6 is 0 Å². The molecule has 3 atom stereocenters. The highest BCUT2D eigenvalue weighted by atomic mass is 16.4. The largest absolute Gasteiger partial charge is 0.481 e. The first kappa shape index (κ1) is 19.4. The fourth-order valence-corrected chi connectivity index (χ4v) is 2.45. The monoisotopic (exact) mass is 344 g/mol. The molecule has 0 bridgehead atoms. The van der Waals surface area contributed by atoms with Crippen LogP contribution in [0.4, 0.5) is 0 Å². The van der Waals surface area contributed by atoms with E-state index in [4.69, 9.17) is 21.7 Å². The Labute approximate surface area is 136 Å². The smallest absolute Gasteiger partial charge is 0.326 e. The van der Waals surface area contributed by atoms with Crippen LogP contribution in [0.25, 0.3) is 0 Å². The average Bonchev–Trinajstić information content (AvgIpc) is 2.93. The average molecular weight is 344 g/mol. The van der Waals surface area contributed by atoms with E-state index >= 15 is 0 Å². The number of carbonyl (C=O) groups excluding carboxylic acids is 3. The maximum absolute atomic E-state index is 12.4. The minimum atomic E-state index is -1.48. The predicted octanol–water partition coefficient (Wildman–Crippen LogP) is -2.78. The predicted molar refractivity (Wildman–Crippen MR) is 78.3 cm³/mol. The van der Waals surface area contributed by atoms with Gasteiger partial charge in [0.25, 0.3) is 0 Å². The SMILES string of the molecule is NC(=O)CC(N)C(=O)NC(CC(=O)O)C(=O)N1CCCC1C(=O)O. The normalized spacial score (nSPS) is 19.4. The van der Waals surface area contributed by atoms with Gasteiger partial charge in [0.05, 0.1) is 18.9 Å². The molecule has 1 heterocycles. The zero-order valence-electron chi connectivity index (χ0n) is 12.8. The Kier molecular flexibility index (Phi) is 6.65. The van der Waals surface area contributed by atoms with Crippen LogP contribution in [0, 0.1) is 0 Å². The van der Waals surface area contributed by atoms with Crippen molar-refractivity contribution in [1.82, 2.24) is 10.2 Å². The molecule has 0 radical (unpaired) electrons. The van der Waals surface area contributed by atoms with Crippen LogP contribution in [0.5, 0.6) is 0 Å². The minimum Gasteiger partial charge on any atom is -0.481 e. The highest BCUT2D eigenvalue weighted by Gasteiger charge is 2.38. The van der Waals surface area contributed by atoms with Crippen LogP contribution < -0.4 is 16.8 Å². The standard InChI is InChI=1S/C13H20N4O7/c14-6(4-9(15)18)11(21)16-7(5-10(19)20)12(22)17-3-1-2-8(17)13(23)24/h6-8H,1-5,14H2,(H2,15,18)(H,16,21)(H,19,20)(H,23,24). The number of hydrogen-bond donors (Lipinski definition) is 5. The van der Waals surface area contributed by atoms with Gasteiger partial charge in [0, 0.05) is 6.54 Å². The van der Waals surface area contributed by atoms with Crippen LogP contribution in [-0.4, -0.2) is 69.4 Å². The number of nitrogens with zero attached hydrogens (tertiary/aromatic N) is 1. The van der Waals surface area contributed by atoms with Crippen molar-refractivity contribution in [3.8, 4) is 0 Å². The van der Waals surface area contributed by atoms with E-state index in [1.165, 1.54) is 0 Å². The summed E-state index contributed by atoms with van der Waals surface area (Å²) in [7, 11) is 0. The van der Waals surface area contributed by atoms with Crippen LogP contribution in [0.3, 0.4) is 0 Å².